The molecule has 1 aromatic heterocycles. The number of carbonyl (C=O) groups excluding carboxylic acids is 1. The second kappa shape index (κ2) is 7.46. The third-order valence-electron chi connectivity index (χ3n) is 4.79. The largest absolute Gasteiger partial charge is 0.324 e. The molecule has 1 amide bonds. The highest BCUT2D eigenvalue weighted by Crippen LogP contribution is 2.21. The Balaban J connectivity index is 1.88. The minimum atomic E-state index is -0.952. The van der Waals surface area contributed by atoms with Gasteiger partial charge in [-0.3, -0.25) is 9.59 Å². The van der Waals surface area contributed by atoms with Crippen LogP contribution in [-0.4, -0.2) is 10.9 Å². The molecule has 1 atom stereocenters. The summed E-state index contributed by atoms with van der Waals surface area (Å²) < 4.78 is 0. The second-order valence-corrected chi connectivity index (χ2v) is 6.80. The number of aromatic nitrogens is 1. The minimum Gasteiger partial charge on any atom is -0.324 e. The van der Waals surface area contributed by atoms with Crippen LogP contribution in [-0.2, 0) is 11.2 Å². The number of carbonyl (C=O) groups is 1. The standard InChI is InChI=1S/C22H21N3O2/c1-13-6-4-7-14(2)19(13)24-22(27)18(12-23)11-17-10-16-9-5-8-15(3)20(16)25-21(17)26/h4-10,18H,11H2,1-3H3,(H,24,27)(H,25,26)/t18-/m0/s1. The molecule has 0 unspecified atom stereocenters. The van der Waals surface area contributed by atoms with Crippen LogP contribution in [0.1, 0.15) is 22.3 Å². The lowest BCUT2D eigenvalue weighted by molar-refractivity contribution is -0.118. The summed E-state index contributed by atoms with van der Waals surface area (Å²) in [5.41, 5.74) is 4.48. The molecule has 0 radical (unpaired) electrons. The van der Waals surface area contributed by atoms with Gasteiger partial charge in [0.1, 0.15) is 5.92 Å². The number of hydrogen-bond donors (Lipinski definition) is 2. The van der Waals surface area contributed by atoms with Crippen molar-refractivity contribution in [2.24, 2.45) is 5.92 Å². The lowest BCUT2D eigenvalue weighted by atomic mass is 9.98. The molecule has 136 valence electrons. The molecular weight excluding hydrogens is 338 g/mol. The van der Waals surface area contributed by atoms with E-state index in [0.717, 1.165) is 27.6 Å². The number of para-hydroxylation sites is 2. The summed E-state index contributed by atoms with van der Waals surface area (Å²) in [5, 5.41) is 13.2. The Labute approximate surface area is 157 Å². The first-order valence-corrected chi connectivity index (χ1v) is 8.79. The highest BCUT2D eigenvalue weighted by atomic mass is 16.2. The number of benzene rings is 2. The van der Waals surface area contributed by atoms with Gasteiger partial charge in [-0.25, -0.2) is 0 Å². The van der Waals surface area contributed by atoms with Gasteiger partial charge in [-0.15, -0.1) is 0 Å². The van der Waals surface area contributed by atoms with Crippen LogP contribution in [0, 0.1) is 38.0 Å². The lowest BCUT2D eigenvalue weighted by Crippen LogP contribution is -2.26. The molecule has 0 fully saturated rings. The zero-order valence-corrected chi connectivity index (χ0v) is 15.6. The third-order valence-corrected chi connectivity index (χ3v) is 4.79. The van der Waals surface area contributed by atoms with Crippen molar-refractivity contribution in [3.05, 3.63) is 75.1 Å². The number of amides is 1. The number of fused-ring (bicyclic) bond motifs is 1. The van der Waals surface area contributed by atoms with E-state index >= 15 is 0 Å². The third kappa shape index (κ3) is 3.75. The van der Waals surface area contributed by atoms with E-state index in [1.54, 1.807) is 6.07 Å². The number of aryl methyl sites for hydroxylation is 3. The van der Waals surface area contributed by atoms with Gasteiger partial charge in [-0.2, -0.15) is 5.26 Å². The topological polar surface area (TPSA) is 85.8 Å². The van der Waals surface area contributed by atoms with E-state index in [0.29, 0.717) is 11.3 Å². The number of aromatic amines is 1. The van der Waals surface area contributed by atoms with Crippen LogP contribution >= 0.6 is 0 Å². The van der Waals surface area contributed by atoms with Crippen LogP contribution in [0.3, 0.4) is 0 Å². The smallest absolute Gasteiger partial charge is 0.251 e. The Hall–Kier alpha value is -3.39. The molecule has 0 saturated carbocycles. The first kappa shape index (κ1) is 18.4. The van der Waals surface area contributed by atoms with Crippen molar-refractivity contribution in [3.63, 3.8) is 0 Å². The monoisotopic (exact) mass is 359 g/mol. The number of nitrogens with one attached hydrogen (secondary N) is 2. The summed E-state index contributed by atoms with van der Waals surface area (Å²) in [7, 11) is 0. The maximum absolute atomic E-state index is 12.6. The molecule has 0 aliphatic rings. The average molecular weight is 359 g/mol. The number of H-pyrrole nitrogens is 1. The number of nitriles is 1. The summed E-state index contributed by atoms with van der Waals surface area (Å²) in [5.74, 6) is -1.36. The number of pyridine rings is 1. The van der Waals surface area contributed by atoms with Crippen LogP contribution in [0.15, 0.2) is 47.3 Å². The molecule has 2 aromatic carbocycles. The normalized spacial score (nSPS) is 11.8. The first-order chi connectivity index (χ1) is 12.9. The van der Waals surface area contributed by atoms with E-state index in [-0.39, 0.29) is 12.0 Å². The van der Waals surface area contributed by atoms with E-state index in [1.165, 1.54) is 0 Å². The Morgan fingerprint density at radius 1 is 1.11 bits per heavy atom. The Bertz CT molecular complexity index is 1100. The van der Waals surface area contributed by atoms with Crippen LogP contribution in [0.4, 0.5) is 5.69 Å². The fourth-order valence-corrected chi connectivity index (χ4v) is 3.22. The first-order valence-electron chi connectivity index (χ1n) is 8.79. The summed E-state index contributed by atoms with van der Waals surface area (Å²) in [4.78, 5) is 27.9. The van der Waals surface area contributed by atoms with Crippen molar-refractivity contribution in [2.75, 3.05) is 5.32 Å². The van der Waals surface area contributed by atoms with Crippen LogP contribution in [0.5, 0.6) is 0 Å². The summed E-state index contributed by atoms with van der Waals surface area (Å²) in [6.07, 6.45) is 0.0620. The van der Waals surface area contributed by atoms with Crippen LogP contribution < -0.4 is 10.9 Å². The zero-order chi connectivity index (χ0) is 19.6. The molecule has 5 heteroatoms. The molecule has 2 N–H and O–H groups in total. The van der Waals surface area contributed by atoms with E-state index in [9.17, 15) is 14.9 Å². The van der Waals surface area contributed by atoms with Gasteiger partial charge in [0.25, 0.3) is 5.56 Å². The average Bonchev–Trinajstić information content (AvgIpc) is 2.64. The number of rotatable bonds is 4. The lowest BCUT2D eigenvalue weighted by Gasteiger charge is -2.14. The summed E-state index contributed by atoms with van der Waals surface area (Å²) in [6, 6.07) is 15.3. The van der Waals surface area contributed by atoms with Crippen LogP contribution in [0.2, 0.25) is 0 Å². The fraction of sp³-hybridized carbons (Fsp3) is 0.227. The maximum Gasteiger partial charge on any atom is 0.251 e. The highest BCUT2D eigenvalue weighted by molar-refractivity contribution is 5.95. The van der Waals surface area contributed by atoms with E-state index in [2.05, 4.69) is 10.3 Å². The number of hydrogen-bond acceptors (Lipinski definition) is 3. The van der Waals surface area contributed by atoms with Crippen molar-refractivity contribution in [1.29, 1.82) is 5.26 Å². The van der Waals surface area contributed by atoms with Gasteiger partial charge < -0.3 is 10.3 Å². The molecule has 0 spiro atoms. The van der Waals surface area contributed by atoms with E-state index < -0.39 is 11.8 Å². The van der Waals surface area contributed by atoms with Gasteiger partial charge in [-0.1, -0.05) is 36.4 Å². The van der Waals surface area contributed by atoms with Gasteiger partial charge in [0.15, 0.2) is 0 Å². The van der Waals surface area contributed by atoms with Gasteiger partial charge >= 0.3 is 0 Å². The molecule has 27 heavy (non-hydrogen) atoms. The molecule has 3 aromatic rings. The van der Waals surface area contributed by atoms with Crippen molar-refractivity contribution in [1.82, 2.24) is 4.98 Å². The molecule has 0 aliphatic heterocycles. The highest BCUT2D eigenvalue weighted by Gasteiger charge is 2.21. The Morgan fingerprint density at radius 3 is 2.41 bits per heavy atom. The van der Waals surface area contributed by atoms with Crippen molar-refractivity contribution >= 4 is 22.5 Å². The fourth-order valence-electron chi connectivity index (χ4n) is 3.22. The molecule has 0 saturated heterocycles. The molecule has 3 rings (SSSR count). The van der Waals surface area contributed by atoms with E-state index in [4.69, 9.17) is 0 Å². The quantitative estimate of drug-likeness (QED) is 0.743. The van der Waals surface area contributed by atoms with Crippen molar-refractivity contribution in [3.8, 4) is 6.07 Å². The number of nitrogens with zero attached hydrogens (tertiary/aromatic N) is 1. The van der Waals surface area contributed by atoms with Crippen LogP contribution in [0.25, 0.3) is 10.9 Å². The number of anilines is 1. The Kier molecular flexibility index (Phi) is 5.09. The SMILES string of the molecule is Cc1cccc(C)c1NC(=O)[C@H](C#N)Cc1cc2cccc(C)c2[nH]c1=O. The van der Waals surface area contributed by atoms with Crippen molar-refractivity contribution < 1.29 is 4.79 Å². The molecule has 1 heterocycles. The second-order valence-electron chi connectivity index (χ2n) is 6.80. The van der Waals surface area contributed by atoms with Crippen molar-refractivity contribution in [2.45, 2.75) is 27.2 Å². The predicted octanol–water partition coefficient (Wildman–Crippen LogP) is 3.77. The maximum atomic E-state index is 12.6. The van der Waals surface area contributed by atoms with Gasteiger partial charge in [0, 0.05) is 17.7 Å². The molecule has 0 bridgehead atoms. The predicted molar refractivity (Wildman–Crippen MR) is 107 cm³/mol. The van der Waals surface area contributed by atoms with E-state index in [1.807, 2.05) is 63.2 Å². The summed E-state index contributed by atoms with van der Waals surface area (Å²) >= 11 is 0. The summed E-state index contributed by atoms with van der Waals surface area (Å²) in [6.45, 7) is 5.73. The van der Waals surface area contributed by atoms with Gasteiger partial charge in [-0.05, 0) is 48.9 Å². The van der Waals surface area contributed by atoms with Gasteiger partial charge in [0.05, 0.1) is 11.6 Å². The minimum absolute atomic E-state index is 0.0620. The zero-order valence-electron chi connectivity index (χ0n) is 15.6. The molecule has 5 nitrogen and oxygen atoms in total. The van der Waals surface area contributed by atoms with Gasteiger partial charge in [0.2, 0.25) is 5.91 Å². The Morgan fingerprint density at radius 2 is 1.74 bits per heavy atom. The molecule has 0 aliphatic carbocycles. The molecular formula is C22H21N3O2.